The van der Waals surface area contributed by atoms with E-state index in [9.17, 15) is 9.59 Å². The van der Waals surface area contributed by atoms with Gasteiger partial charge < -0.3 is 10.4 Å². The molecule has 0 spiro atoms. The van der Waals surface area contributed by atoms with Crippen LogP contribution < -0.4 is 10.2 Å². The number of aromatic carboxylic acids is 1. The lowest BCUT2D eigenvalue weighted by Gasteiger charge is -2.14. The molecular formula is C12H14N2O3. The second-order valence-electron chi connectivity index (χ2n) is 4.02. The Morgan fingerprint density at radius 2 is 2.35 bits per heavy atom. The van der Waals surface area contributed by atoms with Gasteiger partial charge in [-0.3, -0.25) is 4.90 Å². The topological polar surface area (TPSA) is 69.6 Å². The van der Waals surface area contributed by atoms with Crippen LogP contribution in [0.4, 0.5) is 10.5 Å². The number of nitrogens with one attached hydrogen (secondary N) is 1. The van der Waals surface area contributed by atoms with Gasteiger partial charge in [0.15, 0.2) is 0 Å². The molecule has 1 aliphatic heterocycles. The summed E-state index contributed by atoms with van der Waals surface area (Å²) in [5, 5.41) is 11.7. The number of urea groups is 1. The maximum Gasteiger partial charge on any atom is 0.335 e. The first kappa shape index (κ1) is 11.4. The van der Waals surface area contributed by atoms with Gasteiger partial charge in [0.05, 0.1) is 5.56 Å². The van der Waals surface area contributed by atoms with Gasteiger partial charge in [0, 0.05) is 18.3 Å². The number of anilines is 1. The van der Waals surface area contributed by atoms with E-state index in [4.69, 9.17) is 5.11 Å². The molecule has 0 bridgehead atoms. The van der Waals surface area contributed by atoms with Crippen LogP contribution in [0.25, 0.3) is 0 Å². The summed E-state index contributed by atoms with van der Waals surface area (Å²) < 4.78 is 0. The van der Waals surface area contributed by atoms with E-state index in [2.05, 4.69) is 5.32 Å². The number of nitrogens with zero attached hydrogens (tertiary/aromatic N) is 1. The molecule has 5 nitrogen and oxygen atoms in total. The third kappa shape index (κ3) is 2.22. The molecule has 1 heterocycles. The Morgan fingerprint density at radius 1 is 1.59 bits per heavy atom. The SMILES string of the molecule is CCC1CN(c2cccc(C(=O)O)c2)C(=O)N1. The number of carboxylic acids is 1. The van der Waals surface area contributed by atoms with Crippen molar-refractivity contribution in [2.75, 3.05) is 11.4 Å². The predicted molar refractivity (Wildman–Crippen MR) is 63.4 cm³/mol. The van der Waals surface area contributed by atoms with E-state index in [-0.39, 0.29) is 17.6 Å². The molecular weight excluding hydrogens is 220 g/mol. The van der Waals surface area contributed by atoms with Crippen molar-refractivity contribution in [2.45, 2.75) is 19.4 Å². The molecule has 90 valence electrons. The lowest BCUT2D eigenvalue weighted by molar-refractivity contribution is 0.0697. The minimum absolute atomic E-state index is 0.135. The second kappa shape index (κ2) is 4.45. The summed E-state index contributed by atoms with van der Waals surface area (Å²) in [4.78, 5) is 24.1. The molecule has 0 aliphatic carbocycles. The van der Waals surface area contributed by atoms with Gasteiger partial charge in [-0.25, -0.2) is 9.59 Å². The van der Waals surface area contributed by atoms with Crippen LogP contribution in [0.5, 0.6) is 0 Å². The summed E-state index contributed by atoms with van der Waals surface area (Å²) >= 11 is 0. The Kier molecular flexibility index (Phi) is 2.99. The zero-order chi connectivity index (χ0) is 12.4. The third-order valence-corrected chi connectivity index (χ3v) is 2.87. The van der Waals surface area contributed by atoms with Crippen molar-refractivity contribution < 1.29 is 14.7 Å². The minimum atomic E-state index is -0.988. The van der Waals surface area contributed by atoms with Crippen LogP contribution in [0.15, 0.2) is 24.3 Å². The smallest absolute Gasteiger partial charge is 0.335 e. The molecule has 0 radical (unpaired) electrons. The minimum Gasteiger partial charge on any atom is -0.478 e. The molecule has 1 aliphatic rings. The number of benzene rings is 1. The summed E-state index contributed by atoms with van der Waals surface area (Å²) in [6, 6.07) is 6.38. The lowest BCUT2D eigenvalue weighted by atomic mass is 10.2. The number of hydrogen-bond acceptors (Lipinski definition) is 2. The van der Waals surface area contributed by atoms with Gasteiger partial charge in [-0.1, -0.05) is 13.0 Å². The molecule has 1 unspecified atom stereocenters. The molecule has 2 rings (SSSR count). The van der Waals surface area contributed by atoms with Gasteiger partial charge in [0.1, 0.15) is 0 Å². The Morgan fingerprint density at radius 3 is 2.94 bits per heavy atom. The largest absolute Gasteiger partial charge is 0.478 e. The molecule has 2 N–H and O–H groups in total. The average Bonchev–Trinajstić information content (AvgIpc) is 2.71. The number of carbonyl (C=O) groups is 2. The Balaban J connectivity index is 2.25. The van der Waals surface area contributed by atoms with Crippen molar-refractivity contribution >= 4 is 17.7 Å². The quantitative estimate of drug-likeness (QED) is 0.836. The van der Waals surface area contributed by atoms with Crippen LogP contribution in [0.2, 0.25) is 0 Å². The molecule has 1 aromatic rings. The van der Waals surface area contributed by atoms with Crippen LogP contribution in [-0.4, -0.2) is 29.7 Å². The maximum atomic E-state index is 11.7. The number of rotatable bonds is 3. The van der Waals surface area contributed by atoms with Crippen molar-refractivity contribution in [2.24, 2.45) is 0 Å². The van der Waals surface area contributed by atoms with E-state index in [1.54, 1.807) is 17.0 Å². The highest BCUT2D eigenvalue weighted by molar-refractivity contribution is 5.96. The van der Waals surface area contributed by atoms with Crippen LogP contribution in [0.1, 0.15) is 23.7 Å². The monoisotopic (exact) mass is 234 g/mol. The summed E-state index contributed by atoms with van der Waals surface area (Å²) in [5.41, 5.74) is 0.814. The summed E-state index contributed by atoms with van der Waals surface area (Å²) in [6.45, 7) is 2.58. The fraction of sp³-hybridized carbons (Fsp3) is 0.333. The Labute approximate surface area is 99.0 Å². The molecule has 2 amide bonds. The fourth-order valence-corrected chi connectivity index (χ4v) is 1.86. The normalized spacial score (nSPS) is 19.2. The maximum absolute atomic E-state index is 11.7. The van der Waals surface area contributed by atoms with Gasteiger partial charge >= 0.3 is 12.0 Å². The van der Waals surface area contributed by atoms with Gasteiger partial charge in [-0.05, 0) is 24.6 Å². The van der Waals surface area contributed by atoms with E-state index in [0.717, 1.165) is 6.42 Å². The van der Waals surface area contributed by atoms with Crippen molar-refractivity contribution in [3.63, 3.8) is 0 Å². The van der Waals surface area contributed by atoms with E-state index >= 15 is 0 Å². The summed E-state index contributed by atoms with van der Waals surface area (Å²) in [7, 11) is 0. The standard InChI is InChI=1S/C12H14N2O3/c1-2-9-7-14(12(17)13-9)10-5-3-4-8(6-10)11(15)16/h3-6,9H,2,7H2,1H3,(H,13,17)(H,15,16). The van der Waals surface area contributed by atoms with Crippen molar-refractivity contribution in [3.8, 4) is 0 Å². The molecule has 1 atom stereocenters. The van der Waals surface area contributed by atoms with Crippen molar-refractivity contribution in [3.05, 3.63) is 29.8 Å². The van der Waals surface area contributed by atoms with Crippen molar-refractivity contribution in [1.82, 2.24) is 5.32 Å². The van der Waals surface area contributed by atoms with Gasteiger partial charge in [0.2, 0.25) is 0 Å². The highest BCUT2D eigenvalue weighted by atomic mass is 16.4. The van der Waals surface area contributed by atoms with Crippen LogP contribution in [-0.2, 0) is 0 Å². The average molecular weight is 234 g/mol. The molecule has 5 heteroatoms. The summed E-state index contributed by atoms with van der Waals surface area (Å²) in [5.74, 6) is -0.988. The molecule has 1 aromatic carbocycles. The first-order chi connectivity index (χ1) is 8.11. The molecule has 0 saturated carbocycles. The zero-order valence-electron chi connectivity index (χ0n) is 9.51. The molecule has 1 saturated heterocycles. The fourth-order valence-electron chi connectivity index (χ4n) is 1.86. The summed E-state index contributed by atoms with van der Waals surface area (Å²) in [6.07, 6.45) is 0.862. The van der Waals surface area contributed by atoms with E-state index in [1.165, 1.54) is 12.1 Å². The van der Waals surface area contributed by atoms with Crippen LogP contribution in [0.3, 0.4) is 0 Å². The van der Waals surface area contributed by atoms with Gasteiger partial charge in [-0.2, -0.15) is 0 Å². The van der Waals surface area contributed by atoms with Gasteiger partial charge in [0.25, 0.3) is 0 Å². The zero-order valence-corrected chi connectivity index (χ0v) is 9.51. The first-order valence-corrected chi connectivity index (χ1v) is 5.53. The Bertz CT molecular complexity index is 459. The molecule has 0 aromatic heterocycles. The van der Waals surface area contributed by atoms with Crippen LogP contribution in [0, 0.1) is 0 Å². The second-order valence-corrected chi connectivity index (χ2v) is 4.02. The number of hydrogen-bond donors (Lipinski definition) is 2. The number of carboxylic acid groups (broad SMARTS) is 1. The Hall–Kier alpha value is -2.04. The first-order valence-electron chi connectivity index (χ1n) is 5.53. The van der Waals surface area contributed by atoms with Crippen LogP contribution >= 0.6 is 0 Å². The third-order valence-electron chi connectivity index (χ3n) is 2.87. The van der Waals surface area contributed by atoms with Gasteiger partial charge in [-0.15, -0.1) is 0 Å². The highest BCUT2D eigenvalue weighted by Crippen LogP contribution is 2.20. The number of amides is 2. The highest BCUT2D eigenvalue weighted by Gasteiger charge is 2.28. The predicted octanol–water partition coefficient (Wildman–Crippen LogP) is 1.69. The number of carbonyl (C=O) groups excluding carboxylic acids is 1. The lowest BCUT2D eigenvalue weighted by Crippen LogP contribution is -2.28. The van der Waals surface area contributed by atoms with E-state index in [0.29, 0.717) is 12.2 Å². The van der Waals surface area contributed by atoms with Crippen molar-refractivity contribution in [1.29, 1.82) is 0 Å². The molecule has 1 fully saturated rings. The molecule has 17 heavy (non-hydrogen) atoms. The van der Waals surface area contributed by atoms with E-state index in [1.807, 2.05) is 6.92 Å². The van der Waals surface area contributed by atoms with E-state index < -0.39 is 5.97 Å².